The van der Waals surface area contributed by atoms with E-state index in [2.05, 4.69) is 19.2 Å². The molecule has 0 aromatic carbocycles. The Balaban J connectivity index is 2.34. The van der Waals surface area contributed by atoms with E-state index < -0.39 is 6.03 Å². The number of carbonyl (C=O) groups excluding carboxylic acids is 2. The van der Waals surface area contributed by atoms with Gasteiger partial charge in [-0.2, -0.15) is 0 Å². The van der Waals surface area contributed by atoms with Crippen LogP contribution in [-0.4, -0.2) is 17.9 Å². The number of urea groups is 1. The molecule has 4 heteroatoms. The second-order valence-electron chi connectivity index (χ2n) is 5.55. The summed E-state index contributed by atoms with van der Waals surface area (Å²) < 4.78 is 0. The zero-order chi connectivity index (χ0) is 11.4. The molecule has 0 heterocycles. The molecule has 15 heavy (non-hydrogen) atoms. The van der Waals surface area contributed by atoms with E-state index in [0.717, 1.165) is 12.8 Å². The lowest BCUT2D eigenvalue weighted by atomic mass is 9.70. The standard InChI is InChI=1S/C11H18N2O2/c1-10(2)6-4-5-11(10,3)8(14)7(6)13-9(12)15/h6-7H,4-5H2,1-3H3,(H3,12,13,15)/t6-,7+,11+/m0/s1. The van der Waals surface area contributed by atoms with Gasteiger partial charge < -0.3 is 11.1 Å². The number of fused-ring (bicyclic) bond motifs is 2. The van der Waals surface area contributed by atoms with Crippen molar-refractivity contribution in [2.24, 2.45) is 22.5 Å². The molecule has 0 spiro atoms. The van der Waals surface area contributed by atoms with Crippen LogP contribution in [0.2, 0.25) is 0 Å². The van der Waals surface area contributed by atoms with Crippen molar-refractivity contribution >= 4 is 11.8 Å². The molecule has 2 aliphatic rings. The van der Waals surface area contributed by atoms with Crippen LogP contribution >= 0.6 is 0 Å². The van der Waals surface area contributed by atoms with E-state index >= 15 is 0 Å². The molecule has 0 saturated heterocycles. The molecule has 2 amide bonds. The van der Waals surface area contributed by atoms with Gasteiger partial charge in [0.1, 0.15) is 0 Å². The lowest BCUT2D eigenvalue weighted by molar-refractivity contribution is -0.129. The smallest absolute Gasteiger partial charge is 0.312 e. The quantitative estimate of drug-likeness (QED) is 0.679. The van der Waals surface area contributed by atoms with Gasteiger partial charge in [-0.05, 0) is 24.2 Å². The highest BCUT2D eigenvalue weighted by atomic mass is 16.2. The van der Waals surface area contributed by atoms with Gasteiger partial charge in [-0.1, -0.05) is 20.8 Å². The fourth-order valence-corrected chi connectivity index (χ4v) is 3.41. The topological polar surface area (TPSA) is 72.2 Å². The summed E-state index contributed by atoms with van der Waals surface area (Å²) in [7, 11) is 0. The Hall–Kier alpha value is -1.06. The molecule has 84 valence electrons. The third kappa shape index (κ3) is 1.08. The average molecular weight is 210 g/mol. The van der Waals surface area contributed by atoms with Crippen molar-refractivity contribution in [3.63, 3.8) is 0 Å². The minimum Gasteiger partial charge on any atom is -0.352 e. The number of nitrogens with two attached hydrogens (primary N) is 1. The average Bonchev–Trinajstić information content (AvgIpc) is 2.40. The number of rotatable bonds is 1. The third-order valence-electron chi connectivity index (χ3n) is 4.83. The van der Waals surface area contributed by atoms with Crippen molar-refractivity contribution in [2.75, 3.05) is 0 Å². The van der Waals surface area contributed by atoms with Gasteiger partial charge in [0.15, 0.2) is 5.78 Å². The summed E-state index contributed by atoms with van der Waals surface area (Å²) >= 11 is 0. The zero-order valence-corrected chi connectivity index (χ0v) is 9.46. The van der Waals surface area contributed by atoms with Crippen LogP contribution in [0.5, 0.6) is 0 Å². The molecule has 2 fully saturated rings. The monoisotopic (exact) mass is 210 g/mol. The second-order valence-corrected chi connectivity index (χ2v) is 5.55. The summed E-state index contributed by atoms with van der Waals surface area (Å²) in [5.41, 5.74) is 4.78. The van der Waals surface area contributed by atoms with E-state index in [0.29, 0.717) is 0 Å². The minimum absolute atomic E-state index is 0.0306. The second kappa shape index (κ2) is 2.74. The highest BCUT2D eigenvalue weighted by Gasteiger charge is 2.66. The zero-order valence-electron chi connectivity index (χ0n) is 9.46. The van der Waals surface area contributed by atoms with Crippen molar-refractivity contribution in [2.45, 2.75) is 39.7 Å². The van der Waals surface area contributed by atoms with Crippen LogP contribution in [0, 0.1) is 16.7 Å². The predicted octanol–water partition coefficient (Wildman–Crippen LogP) is 1.05. The van der Waals surface area contributed by atoms with Gasteiger partial charge in [-0.15, -0.1) is 0 Å². The van der Waals surface area contributed by atoms with E-state index in [-0.39, 0.29) is 28.6 Å². The number of hydrogen-bond donors (Lipinski definition) is 2. The van der Waals surface area contributed by atoms with Gasteiger partial charge in [-0.3, -0.25) is 4.79 Å². The van der Waals surface area contributed by atoms with Crippen molar-refractivity contribution < 1.29 is 9.59 Å². The minimum atomic E-state index is -0.597. The molecule has 2 saturated carbocycles. The molecule has 2 bridgehead atoms. The third-order valence-corrected chi connectivity index (χ3v) is 4.83. The van der Waals surface area contributed by atoms with E-state index in [1.54, 1.807) is 0 Å². The first-order valence-corrected chi connectivity index (χ1v) is 5.41. The van der Waals surface area contributed by atoms with Crippen LogP contribution in [0.3, 0.4) is 0 Å². The van der Waals surface area contributed by atoms with Crippen molar-refractivity contribution in [1.29, 1.82) is 0 Å². The van der Waals surface area contributed by atoms with Gasteiger partial charge in [0.2, 0.25) is 0 Å². The normalized spacial score (nSPS) is 41.9. The van der Waals surface area contributed by atoms with E-state index in [1.165, 1.54) is 0 Å². The maximum Gasteiger partial charge on any atom is 0.312 e. The molecule has 0 unspecified atom stereocenters. The Bertz CT molecular complexity index is 337. The number of nitrogens with one attached hydrogen (secondary N) is 1. The number of amides is 2. The fraction of sp³-hybridized carbons (Fsp3) is 0.818. The lowest BCUT2D eigenvalue weighted by Crippen LogP contribution is -2.48. The number of carbonyl (C=O) groups is 2. The summed E-state index contributed by atoms with van der Waals surface area (Å²) in [6.45, 7) is 6.24. The van der Waals surface area contributed by atoms with E-state index in [1.807, 2.05) is 6.92 Å². The summed E-state index contributed by atoms with van der Waals surface area (Å²) in [5.74, 6) is 0.394. The molecule has 2 aliphatic carbocycles. The molecule has 0 radical (unpaired) electrons. The Kier molecular flexibility index (Phi) is 1.91. The van der Waals surface area contributed by atoms with Gasteiger partial charge in [0.05, 0.1) is 6.04 Å². The Morgan fingerprint density at radius 2 is 2.07 bits per heavy atom. The van der Waals surface area contributed by atoms with E-state index in [4.69, 9.17) is 5.73 Å². The molecular weight excluding hydrogens is 192 g/mol. The SMILES string of the molecule is CC1(C)[C@H]2CC[C@]1(C)C(=O)[C@@H]2NC(N)=O. The molecular formula is C11H18N2O2. The van der Waals surface area contributed by atoms with Gasteiger partial charge >= 0.3 is 6.03 Å². The number of Topliss-reactive ketones (excluding diaryl/α,β-unsaturated/α-hetero) is 1. The first-order chi connectivity index (χ1) is 6.80. The number of primary amides is 1. The number of hydrogen-bond acceptors (Lipinski definition) is 2. The Morgan fingerprint density at radius 1 is 1.47 bits per heavy atom. The molecule has 0 aliphatic heterocycles. The summed E-state index contributed by atoms with van der Waals surface area (Å²) in [5, 5.41) is 2.59. The highest BCUT2D eigenvalue weighted by molar-refractivity contribution is 5.96. The Morgan fingerprint density at radius 3 is 2.47 bits per heavy atom. The fourth-order valence-electron chi connectivity index (χ4n) is 3.41. The van der Waals surface area contributed by atoms with Crippen molar-refractivity contribution in [3.8, 4) is 0 Å². The summed E-state index contributed by atoms with van der Waals surface area (Å²) in [4.78, 5) is 23.0. The van der Waals surface area contributed by atoms with Crippen LogP contribution < -0.4 is 11.1 Å². The molecule has 0 aromatic heterocycles. The maximum absolute atomic E-state index is 12.2. The highest BCUT2D eigenvalue weighted by Crippen LogP contribution is 2.63. The van der Waals surface area contributed by atoms with Crippen LogP contribution in [-0.2, 0) is 4.79 Å². The van der Waals surface area contributed by atoms with Crippen molar-refractivity contribution in [1.82, 2.24) is 5.32 Å². The lowest BCUT2D eigenvalue weighted by Gasteiger charge is -2.32. The van der Waals surface area contributed by atoms with Gasteiger partial charge in [-0.25, -0.2) is 4.79 Å². The van der Waals surface area contributed by atoms with Crippen LogP contribution in [0.4, 0.5) is 4.79 Å². The van der Waals surface area contributed by atoms with E-state index in [9.17, 15) is 9.59 Å². The van der Waals surface area contributed by atoms with Gasteiger partial charge in [0.25, 0.3) is 0 Å². The Labute approximate surface area is 89.6 Å². The molecule has 4 nitrogen and oxygen atoms in total. The first-order valence-electron chi connectivity index (χ1n) is 5.41. The van der Waals surface area contributed by atoms with Crippen molar-refractivity contribution in [3.05, 3.63) is 0 Å². The van der Waals surface area contributed by atoms with Crippen LogP contribution in [0.1, 0.15) is 33.6 Å². The van der Waals surface area contributed by atoms with Crippen LogP contribution in [0.15, 0.2) is 0 Å². The molecule has 3 atom stereocenters. The first kappa shape index (κ1) is 10.5. The number of ketones is 1. The van der Waals surface area contributed by atoms with Gasteiger partial charge in [0, 0.05) is 5.41 Å². The predicted molar refractivity (Wildman–Crippen MR) is 56.1 cm³/mol. The summed E-state index contributed by atoms with van der Waals surface area (Å²) in [6, 6.07) is -0.962. The van der Waals surface area contributed by atoms with Crippen LogP contribution in [0.25, 0.3) is 0 Å². The summed E-state index contributed by atoms with van der Waals surface area (Å²) in [6.07, 6.45) is 1.93. The molecule has 3 N–H and O–H groups in total. The molecule has 0 aromatic rings. The molecule has 2 rings (SSSR count). The largest absolute Gasteiger partial charge is 0.352 e. The maximum atomic E-state index is 12.2.